The van der Waals surface area contributed by atoms with Crippen molar-refractivity contribution in [3.63, 3.8) is 0 Å². The minimum Gasteiger partial charge on any atom is -0.497 e. The van der Waals surface area contributed by atoms with Gasteiger partial charge in [0.25, 0.3) is 0 Å². The molecule has 0 unspecified atom stereocenters. The first-order valence-electron chi connectivity index (χ1n) is 10.6. The molecule has 166 valence electrons. The number of benzene rings is 3. The van der Waals surface area contributed by atoms with Gasteiger partial charge in [0.1, 0.15) is 16.9 Å². The van der Waals surface area contributed by atoms with Crippen LogP contribution in [-0.2, 0) is 11.3 Å². The molecule has 0 aliphatic carbocycles. The molecule has 0 spiro atoms. The molecular formula is C26H22FN3O2S. The smallest absolute Gasteiger partial charge is 0.234 e. The predicted molar refractivity (Wildman–Crippen MR) is 128 cm³/mol. The molecule has 4 aromatic rings. The molecule has 1 amide bonds. The largest absolute Gasteiger partial charge is 0.497 e. The predicted octanol–water partition coefficient (Wildman–Crippen LogP) is 5.46. The van der Waals surface area contributed by atoms with Crippen LogP contribution in [-0.4, -0.2) is 33.5 Å². The average Bonchev–Trinajstić information content (AvgIpc) is 3.45. The summed E-state index contributed by atoms with van der Waals surface area (Å²) in [6.07, 6.45) is 2.00. The Morgan fingerprint density at radius 2 is 1.76 bits per heavy atom. The van der Waals surface area contributed by atoms with Crippen LogP contribution in [0.15, 0.2) is 85.1 Å². The first kappa shape index (κ1) is 21.3. The molecule has 1 aliphatic rings. The number of rotatable bonds is 6. The molecule has 5 nitrogen and oxygen atoms in total. The molecule has 1 atom stereocenters. The maximum Gasteiger partial charge on any atom is 0.234 e. The first-order valence-corrected chi connectivity index (χ1v) is 11.6. The summed E-state index contributed by atoms with van der Waals surface area (Å²) in [5.41, 5.74) is 4.55. The van der Waals surface area contributed by atoms with E-state index in [0.29, 0.717) is 12.3 Å². The fourth-order valence-electron chi connectivity index (χ4n) is 3.92. The molecule has 33 heavy (non-hydrogen) atoms. The maximum absolute atomic E-state index is 13.4. The van der Waals surface area contributed by atoms with Crippen LogP contribution in [0.25, 0.3) is 16.9 Å². The van der Waals surface area contributed by atoms with Crippen molar-refractivity contribution in [2.45, 2.75) is 11.9 Å². The van der Waals surface area contributed by atoms with Gasteiger partial charge in [-0.2, -0.15) is 5.10 Å². The number of thioether (sulfide) groups is 1. The van der Waals surface area contributed by atoms with Crippen LogP contribution in [0.3, 0.4) is 0 Å². The highest BCUT2D eigenvalue weighted by molar-refractivity contribution is 8.00. The van der Waals surface area contributed by atoms with Crippen LogP contribution in [0.2, 0.25) is 0 Å². The lowest BCUT2D eigenvalue weighted by molar-refractivity contribution is -0.128. The van der Waals surface area contributed by atoms with Gasteiger partial charge in [-0.05, 0) is 54.1 Å². The van der Waals surface area contributed by atoms with Crippen LogP contribution >= 0.6 is 11.8 Å². The van der Waals surface area contributed by atoms with E-state index in [0.717, 1.165) is 33.8 Å². The van der Waals surface area contributed by atoms with E-state index < -0.39 is 0 Å². The Balaban J connectivity index is 1.56. The van der Waals surface area contributed by atoms with Crippen LogP contribution in [0, 0.1) is 5.82 Å². The third-order valence-corrected chi connectivity index (χ3v) is 6.86. The van der Waals surface area contributed by atoms with E-state index >= 15 is 0 Å². The molecule has 2 heterocycles. The van der Waals surface area contributed by atoms with E-state index in [4.69, 9.17) is 9.84 Å². The summed E-state index contributed by atoms with van der Waals surface area (Å²) in [7, 11) is 1.64. The van der Waals surface area contributed by atoms with Crippen molar-refractivity contribution in [1.82, 2.24) is 14.7 Å². The van der Waals surface area contributed by atoms with Gasteiger partial charge in [0.05, 0.1) is 24.2 Å². The van der Waals surface area contributed by atoms with Crippen LogP contribution in [0.4, 0.5) is 4.39 Å². The lowest BCUT2D eigenvalue weighted by Gasteiger charge is -2.24. The summed E-state index contributed by atoms with van der Waals surface area (Å²) < 4.78 is 20.5. The van der Waals surface area contributed by atoms with E-state index in [1.807, 2.05) is 70.4 Å². The van der Waals surface area contributed by atoms with Crippen molar-refractivity contribution in [2.24, 2.45) is 0 Å². The van der Waals surface area contributed by atoms with Gasteiger partial charge in [-0.25, -0.2) is 9.07 Å². The van der Waals surface area contributed by atoms with Gasteiger partial charge in [-0.3, -0.25) is 4.79 Å². The zero-order chi connectivity index (χ0) is 22.8. The first-order chi connectivity index (χ1) is 16.1. The second kappa shape index (κ2) is 9.11. The quantitative estimate of drug-likeness (QED) is 0.384. The van der Waals surface area contributed by atoms with Crippen molar-refractivity contribution in [2.75, 3.05) is 12.9 Å². The lowest BCUT2D eigenvalue weighted by atomic mass is 10.1. The second-order valence-electron chi connectivity index (χ2n) is 7.75. The summed E-state index contributed by atoms with van der Waals surface area (Å²) in [5, 5.41) is 4.71. The third-order valence-electron chi connectivity index (χ3n) is 5.63. The Labute approximate surface area is 195 Å². The number of carbonyl (C=O) groups is 1. The maximum atomic E-state index is 13.4. The number of para-hydroxylation sites is 1. The molecule has 0 N–H and O–H groups in total. The van der Waals surface area contributed by atoms with Gasteiger partial charge in [-0.1, -0.05) is 30.3 Å². The summed E-state index contributed by atoms with van der Waals surface area (Å²) in [6.45, 7) is 0.412. The molecule has 0 saturated carbocycles. The number of hydrogen-bond donors (Lipinski definition) is 0. The number of halogens is 1. The van der Waals surface area contributed by atoms with E-state index in [-0.39, 0.29) is 17.1 Å². The third kappa shape index (κ3) is 4.36. The van der Waals surface area contributed by atoms with Crippen molar-refractivity contribution >= 4 is 17.7 Å². The van der Waals surface area contributed by atoms with Gasteiger partial charge in [0, 0.05) is 23.9 Å². The van der Waals surface area contributed by atoms with Crippen LogP contribution < -0.4 is 4.74 Å². The van der Waals surface area contributed by atoms with E-state index in [1.54, 1.807) is 31.0 Å². The topological polar surface area (TPSA) is 47.4 Å². The van der Waals surface area contributed by atoms with Gasteiger partial charge in [-0.15, -0.1) is 11.8 Å². The van der Waals surface area contributed by atoms with Crippen molar-refractivity contribution in [1.29, 1.82) is 0 Å². The highest BCUT2D eigenvalue weighted by atomic mass is 32.2. The Hall–Kier alpha value is -3.58. The van der Waals surface area contributed by atoms with Crippen LogP contribution in [0.5, 0.6) is 5.75 Å². The van der Waals surface area contributed by atoms with E-state index in [9.17, 15) is 9.18 Å². The van der Waals surface area contributed by atoms with Crippen molar-refractivity contribution < 1.29 is 13.9 Å². The number of methoxy groups -OCH3 is 1. The molecule has 1 fully saturated rings. The summed E-state index contributed by atoms with van der Waals surface area (Å²) >= 11 is 1.58. The summed E-state index contributed by atoms with van der Waals surface area (Å²) in [4.78, 5) is 14.7. The molecule has 1 aliphatic heterocycles. The van der Waals surface area contributed by atoms with Crippen LogP contribution in [0.1, 0.15) is 16.5 Å². The Morgan fingerprint density at radius 3 is 2.45 bits per heavy atom. The number of hydrogen-bond acceptors (Lipinski definition) is 4. The zero-order valence-electron chi connectivity index (χ0n) is 18.0. The second-order valence-corrected chi connectivity index (χ2v) is 8.82. The fourth-order valence-corrected chi connectivity index (χ4v) is 5.11. The van der Waals surface area contributed by atoms with Gasteiger partial charge in [0.15, 0.2) is 0 Å². The van der Waals surface area contributed by atoms with Gasteiger partial charge in [0.2, 0.25) is 5.91 Å². The Bertz CT molecular complexity index is 1260. The molecule has 3 aromatic carbocycles. The molecule has 1 saturated heterocycles. The molecule has 0 bridgehead atoms. The number of ether oxygens (including phenoxy) is 1. The summed E-state index contributed by atoms with van der Waals surface area (Å²) in [5.74, 6) is 0.932. The minimum atomic E-state index is -0.289. The number of amides is 1. The normalized spacial score (nSPS) is 15.8. The SMILES string of the molecule is COc1ccc(-c2nn(-c3ccccc3)cc2[C@@H]2SCC(=O)N2Cc2ccc(F)cc2)cc1. The van der Waals surface area contributed by atoms with E-state index in [1.165, 1.54) is 12.1 Å². The van der Waals surface area contributed by atoms with Crippen molar-refractivity contribution in [3.05, 3.63) is 102 Å². The van der Waals surface area contributed by atoms with E-state index in [2.05, 4.69) is 0 Å². The molecular weight excluding hydrogens is 437 g/mol. The number of aromatic nitrogens is 2. The lowest BCUT2D eigenvalue weighted by Crippen LogP contribution is -2.27. The number of carbonyl (C=O) groups excluding carboxylic acids is 1. The van der Waals surface area contributed by atoms with Gasteiger partial charge >= 0.3 is 0 Å². The van der Waals surface area contributed by atoms with Gasteiger partial charge < -0.3 is 9.64 Å². The summed E-state index contributed by atoms with van der Waals surface area (Å²) in [6, 6.07) is 24.0. The number of nitrogens with zero attached hydrogens (tertiary/aromatic N) is 3. The molecule has 5 rings (SSSR count). The zero-order valence-corrected chi connectivity index (χ0v) is 18.8. The fraction of sp³-hybridized carbons (Fsp3) is 0.154. The molecule has 7 heteroatoms. The molecule has 0 radical (unpaired) electrons. The average molecular weight is 460 g/mol. The standard InChI is InChI=1S/C26H22FN3O2S/c1-32-22-13-9-19(10-14-22)25-23(16-30(28-25)21-5-3-2-4-6-21)26-29(24(31)17-33-26)15-18-7-11-20(27)12-8-18/h2-14,16,26H,15,17H2,1H3/t26-/m0/s1. The molecule has 1 aromatic heterocycles. The highest BCUT2D eigenvalue weighted by Crippen LogP contribution is 2.43. The highest BCUT2D eigenvalue weighted by Gasteiger charge is 2.36. The Morgan fingerprint density at radius 1 is 1.03 bits per heavy atom. The monoisotopic (exact) mass is 459 g/mol. The van der Waals surface area contributed by atoms with Crippen molar-refractivity contribution in [3.8, 4) is 22.7 Å². The Kier molecular flexibility index (Phi) is 5.88. The minimum absolute atomic E-state index is 0.0578.